The van der Waals surface area contributed by atoms with Gasteiger partial charge in [-0.15, -0.1) is 0 Å². The molecule has 2 heteroatoms. The van der Waals surface area contributed by atoms with Crippen LogP contribution in [0.4, 0.5) is 0 Å². The third-order valence-electron chi connectivity index (χ3n) is 4.97. The predicted octanol–water partition coefficient (Wildman–Crippen LogP) is 2.48. The molecular formula is C14H28N2. The van der Waals surface area contributed by atoms with E-state index in [2.05, 4.69) is 18.7 Å². The van der Waals surface area contributed by atoms with Gasteiger partial charge in [-0.3, -0.25) is 0 Å². The predicted molar refractivity (Wildman–Crippen MR) is 69.3 cm³/mol. The van der Waals surface area contributed by atoms with E-state index in [1.165, 1.54) is 51.7 Å². The zero-order chi connectivity index (χ0) is 11.6. The van der Waals surface area contributed by atoms with Crippen LogP contribution < -0.4 is 5.73 Å². The molecule has 1 saturated carbocycles. The van der Waals surface area contributed by atoms with E-state index in [1.54, 1.807) is 0 Å². The van der Waals surface area contributed by atoms with Crippen LogP contribution in [0.25, 0.3) is 0 Å². The van der Waals surface area contributed by atoms with E-state index in [0.29, 0.717) is 5.41 Å². The Kier molecular flexibility index (Phi) is 3.91. The maximum Gasteiger partial charge on any atom is 0.00503 e. The van der Waals surface area contributed by atoms with Gasteiger partial charge in [-0.1, -0.05) is 33.1 Å². The van der Waals surface area contributed by atoms with Crippen molar-refractivity contribution in [2.45, 2.75) is 46.0 Å². The van der Waals surface area contributed by atoms with Crippen molar-refractivity contribution >= 4 is 0 Å². The maximum atomic E-state index is 6.06. The lowest BCUT2D eigenvalue weighted by atomic mass is 9.74. The molecule has 1 heterocycles. The third kappa shape index (κ3) is 2.60. The Bertz CT molecular complexity index is 211. The van der Waals surface area contributed by atoms with Gasteiger partial charge in [0.2, 0.25) is 0 Å². The summed E-state index contributed by atoms with van der Waals surface area (Å²) in [4.78, 5) is 2.67. The maximum absolute atomic E-state index is 6.06. The van der Waals surface area contributed by atoms with E-state index in [0.717, 1.165) is 18.4 Å². The van der Waals surface area contributed by atoms with Crippen molar-refractivity contribution in [3.63, 3.8) is 0 Å². The SMILES string of the molecule is CC1CN(CC2(CN)CCCCC2)CC1C. The molecule has 94 valence electrons. The van der Waals surface area contributed by atoms with Gasteiger partial charge in [0.25, 0.3) is 0 Å². The topological polar surface area (TPSA) is 29.3 Å². The second-order valence-electron chi connectivity index (χ2n) is 6.41. The quantitative estimate of drug-likeness (QED) is 0.798. The average Bonchev–Trinajstić information content (AvgIpc) is 2.59. The van der Waals surface area contributed by atoms with E-state index in [1.807, 2.05) is 0 Å². The minimum absolute atomic E-state index is 0.460. The Labute approximate surface area is 101 Å². The molecule has 0 aromatic carbocycles. The molecule has 0 spiro atoms. The molecule has 0 bridgehead atoms. The average molecular weight is 224 g/mol. The van der Waals surface area contributed by atoms with Gasteiger partial charge in [-0.05, 0) is 36.6 Å². The summed E-state index contributed by atoms with van der Waals surface area (Å²) in [5, 5.41) is 0. The second-order valence-corrected chi connectivity index (χ2v) is 6.41. The number of likely N-dealkylation sites (tertiary alicyclic amines) is 1. The molecule has 2 N–H and O–H groups in total. The van der Waals surface area contributed by atoms with Crippen LogP contribution in [0, 0.1) is 17.3 Å². The molecule has 2 aliphatic rings. The van der Waals surface area contributed by atoms with Gasteiger partial charge in [0.05, 0.1) is 0 Å². The molecule has 2 nitrogen and oxygen atoms in total. The molecule has 2 atom stereocenters. The van der Waals surface area contributed by atoms with Crippen molar-refractivity contribution in [2.75, 3.05) is 26.2 Å². The van der Waals surface area contributed by atoms with E-state index in [4.69, 9.17) is 5.73 Å². The fraction of sp³-hybridized carbons (Fsp3) is 1.00. The molecule has 2 unspecified atom stereocenters. The van der Waals surface area contributed by atoms with Gasteiger partial charge in [0, 0.05) is 19.6 Å². The monoisotopic (exact) mass is 224 g/mol. The Hall–Kier alpha value is -0.0800. The first kappa shape index (κ1) is 12.4. The summed E-state index contributed by atoms with van der Waals surface area (Å²) in [6.45, 7) is 9.53. The fourth-order valence-corrected chi connectivity index (χ4v) is 3.58. The lowest BCUT2D eigenvalue weighted by molar-refractivity contribution is 0.124. The largest absolute Gasteiger partial charge is 0.330 e. The first-order valence-electron chi connectivity index (χ1n) is 7.08. The number of nitrogens with two attached hydrogens (primary N) is 1. The summed E-state index contributed by atoms with van der Waals surface area (Å²) < 4.78 is 0. The zero-order valence-corrected chi connectivity index (χ0v) is 11.0. The molecule has 1 saturated heterocycles. The van der Waals surface area contributed by atoms with Gasteiger partial charge < -0.3 is 10.6 Å². The van der Waals surface area contributed by atoms with Gasteiger partial charge >= 0.3 is 0 Å². The lowest BCUT2D eigenvalue weighted by Gasteiger charge is -2.39. The zero-order valence-electron chi connectivity index (χ0n) is 11.0. The molecule has 0 radical (unpaired) electrons. The van der Waals surface area contributed by atoms with Gasteiger partial charge in [-0.2, -0.15) is 0 Å². The van der Waals surface area contributed by atoms with Crippen molar-refractivity contribution in [1.82, 2.24) is 4.90 Å². The van der Waals surface area contributed by atoms with E-state index < -0.39 is 0 Å². The minimum Gasteiger partial charge on any atom is -0.330 e. The Morgan fingerprint density at radius 2 is 1.62 bits per heavy atom. The highest BCUT2D eigenvalue weighted by Crippen LogP contribution is 2.37. The molecule has 0 aromatic rings. The number of nitrogens with zero attached hydrogens (tertiary/aromatic N) is 1. The van der Waals surface area contributed by atoms with Gasteiger partial charge in [-0.25, -0.2) is 0 Å². The number of hydrogen-bond donors (Lipinski definition) is 1. The van der Waals surface area contributed by atoms with E-state index in [-0.39, 0.29) is 0 Å². The van der Waals surface area contributed by atoms with Crippen molar-refractivity contribution in [3.05, 3.63) is 0 Å². The van der Waals surface area contributed by atoms with E-state index >= 15 is 0 Å². The third-order valence-corrected chi connectivity index (χ3v) is 4.97. The number of hydrogen-bond acceptors (Lipinski definition) is 2. The highest BCUT2D eigenvalue weighted by molar-refractivity contribution is 4.89. The normalized spacial score (nSPS) is 35.4. The first-order chi connectivity index (χ1) is 7.65. The fourth-order valence-electron chi connectivity index (χ4n) is 3.58. The van der Waals surface area contributed by atoms with Crippen molar-refractivity contribution in [2.24, 2.45) is 23.0 Å². The standard InChI is InChI=1S/C14H28N2/c1-12-8-16(9-13(12)2)11-14(10-15)6-4-3-5-7-14/h12-13H,3-11,15H2,1-2H3. The Morgan fingerprint density at radius 3 is 2.12 bits per heavy atom. The molecule has 2 rings (SSSR count). The Morgan fingerprint density at radius 1 is 1.06 bits per heavy atom. The Balaban J connectivity index is 1.91. The summed E-state index contributed by atoms with van der Waals surface area (Å²) in [7, 11) is 0. The molecule has 1 aliphatic carbocycles. The molecule has 0 amide bonds. The van der Waals surface area contributed by atoms with Crippen LogP contribution in [0.15, 0.2) is 0 Å². The van der Waals surface area contributed by atoms with Crippen LogP contribution in [0.5, 0.6) is 0 Å². The van der Waals surface area contributed by atoms with Crippen molar-refractivity contribution in [3.8, 4) is 0 Å². The summed E-state index contributed by atoms with van der Waals surface area (Å²) >= 11 is 0. The van der Waals surface area contributed by atoms with Crippen LogP contribution >= 0.6 is 0 Å². The van der Waals surface area contributed by atoms with Crippen molar-refractivity contribution in [1.29, 1.82) is 0 Å². The highest BCUT2D eigenvalue weighted by atomic mass is 15.2. The first-order valence-corrected chi connectivity index (χ1v) is 7.08. The molecule has 1 aliphatic heterocycles. The van der Waals surface area contributed by atoms with Crippen LogP contribution in [0.2, 0.25) is 0 Å². The van der Waals surface area contributed by atoms with Crippen LogP contribution in [0.1, 0.15) is 46.0 Å². The number of rotatable bonds is 3. The summed E-state index contributed by atoms with van der Waals surface area (Å²) in [5.74, 6) is 1.75. The van der Waals surface area contributed by atoms with Gasteiger partial charge in [0.15, 0.2) is 0 Å². The minimum atomic E-state index is 0.460. The van der Waals surface area contributed by atoms with Crippen LogP contribution in [0.3, 0.4) is 0 Å². The highest BCUT2D eigenvalue weighted by Gasteiger charge is 2.35. The summed E-state index contributed by atoms with van der Waals surface area (Å²) in [6.07, 6.45) is 6.95. The molecule has 16 heavy (non-hydrogen) atoms. The molecule has 0 aromatic heterocycles. The van der Waals surface area contributed by atoms with Crippen LogP contribution in [-0.4, -0.2) is 31.1 Å². The van der Waals surface area contributed by atoms with Gasteiger partial charge in [0.1, 0.15) is 0 Å². The molecule has 2 fully saturated rings. The second kappa shape index (κ2) is 5.05. The van der Waals surface area contributed by atoms with Crippen LogP contribution in [-0.2, 0) is 0 Å². The molecular weight excluding hydrogens is 196 g/mol. The van der Waals surface area contributed by atoms with E-state index in [9.17, 15) is 0 Å². The lowest BCUT2D eigenvalue weighted by Crippen LogP contribution is -2.43. The smallest absolute Gasteiger partial charge is 0.00503 e. The summed E-state index contributed by atoms with van der Waals surface area (Å²) in [5.41, 5.74) is 6.52. The van der Waals surface area contributed by atoms with Crippen molar-refractivity contribution < 1.29 is 0 Å². The summed E-state index contributed by atoms with van der Waals surface area (Å²) in [6, 6.07) is 0.